The van der Waals surface area contributed by atoms with E-state index in [9.17, 15) is 9.59 Å². The number of carbonyl (C=O) groups excluding carboxylic acids is 1. The minimum atomic E-state index is -1.08. The van der Waals surface area contributed by atoms with Crippen LogP contribution in [0.5, 0.6) is 0 Å². The Bertz CT molecular complexity index is 196. The predicted molar refractivity (Wildman–Crippen MR) is 49.7 cm³/mol. The summed E-state index contributed by atoms with van der Waals surface area (Å²) in [6.07, 6.45) is 0.331. The van der Waals surface area contributed by atoms with Crippen molar-refractivity contribution in [1.29, 1.82) is 0 Å². The topological polar surface area (TPSA) is 102 Å². The molecule has 0 aromatic heterocycles. The average Bonchev–Trinajstić information content (AvgIpc) is 2.11. The van der Waals surface area contributed by atoms with Gasteiger partial charge in [0.05, 0.1) is 12.5 Å². The number of methoxy groups -OCH3 is 1. The summed E-state index contributed by atoms with van der Waals surface area (Å²) < 4.78 is 4.77. The Balaban J connectivity index is 3.57. The van der Waals surface area contributed by atoms with Crippen molar-refractivity contribution in [3.63, 3.8) is 0 Å². The van der Waals surface area contributed by atoms with Crippen LogP contribution in [-0.2, 0) is 14.3 Å². The molecule has 82 valence electrons. The second-order valence-corrected chi connectivity index (χ2v) is 2.84. The Kier molecular flexibility index (Phi) is 6.69. The highest BCUT2D eigenvalue weighted by atomic mass is 16.5. The van der Waals surface area contributed by atoms with Crippen molar-refractivity contribution in [1.82, 2.24) is 5.32 Å². The summed E-state index contributed by atoms with van der Waals surface area (Å²) in [5, 5.41) is 10.9. The number of carboxylic acids is 1. The number of hydrogen-bond donors (Lipinski definition) is 3. The number of carboxylic acid groups (broad SMARTS) is 1. The zero-order chi connectivity index (χ0) is 11.0. The molecule has 0 spiro atoms. The van der Waals surface area contributed by atoms with Crippen LogP contribution in [0.25, 0.3) is 0 Å². The lowest BCUT2D eigenvalue weighted by molar-refractivity contribution is -0.139. The third-order valence-electron chi connectivity index (χ3n) is 1.56. The fraction of sp³-hybridized carbons (Fsp3) is 0.750. The van der Waals surface area contributed by atoms with Crippen molar-refractivity contribution in [3.8, 4) is 0 Å². The summed E-state index contributed by atoms with van der Waals surface area (Å²) in [6, 6.07) is -0.977. The van der Waals surface area contributed by atoms with E-state index in [4.69, 9.17) is 15.6 Å². The van der Waals surface area contributed by atoms with Crippen molar-refractivity contribution in [3.05, 3.63) is 0 Å². The minimum Gasteiger partial charge on any atom is -0.481 e. The van der Waals surface area contributed by atoms with Gasteiger partial charge in [-0.3, -0.25) is 9.59 Å². The van der Waals surface area contributed by atoms with Gasteiger partial charge in [0, 0.05) is 20.3 Å². The number of rotatable bonds is 7. The Morgan fingerprint density at radius 3 is 2.71 bits per heavy atom. The second kappa shape index (κ2) is 7.28. The molecule has 0 radical (unpaired) electrons. The number of hydrogen-bond acceptors (Lipinski definition) is 4. The van der Waals surface area contributed by atoms with Crippen LogP contribution in [0, 0.1) is 0 Å². The highest BCUT2D eigenvalue weighted by molar-refractivity contribution is 5.85. The second-order valence-electron chi connectivity index (χ2n) is 2.84. The van der Waals surface area contributed by atoms with Gasteiger partial charge in [-0.1, -0.05) is 0 Å². The molecular weight excluding hydrogens is 188 g/mol. The van der Waals surface area contributed by atoms with Gasteiger partial charge >= 0.3 is 5.97 Å². The number of nitrogens with two attached hydrogens (primary N) is 1. The smallest absolute Gasteiger partial charge is 0.305 e. The highest BCUT2D eigenvalue weighted by Gasteiger charge is 2.15. The monoisotopic (exact) mass is 204 g/mol. The van der Waals surface area contributed by atoms with Crippen LogP contribution < -0.4 is 11.1 Å². The number of ether oxygens (including phenoxy) is 1. The van der Waals surface area contributed by atoms with Gasteiger partial charge in [0.1, 0.15) is 0 Å². The van der Waals surface area contributed by atoms with Crippen molar-refractivity contribution in [2.75, 3.05) is 20.3 Å². The van der Waals surface area contributed by atoms with E-state index in [1.54, 1.807) is 7.11 Å². The molecule has 0 aromatic rings. The largest absolute Gasteiger partial charge is 0.481 e. The molecule has 14 heavy (non-hydrogen) atoms. The molecule has 0 aliphatic heterocycles. The van der Waals surface area contributed by atoms with E-state index in [1.807, 2.05) is 0 Å². The first-order valence-electron chi connectivity index (χ1n) is 4.32. The SMILES string of the molecule is COCCCNC(=O)C(N)CC(=O)O. The van der Waals surface area contributed by atoms with Crippen molar-refractivity contribution in [2.24, 2.45) is 5.73 Å². The van der Waals surface area contributed by atoms with E-state index in [1.165, 1.54) is 0 Å². The molecule has 0 fully saturated rings. The molecule has 0 aliphatic rings. The number of aliphatic carboxylic acids is 1. The molecule has 4 N–H and O–H groups in total. The third-order valence-corrected chi connectivity index (χ3v) is 1.56. The molecule has 0 rings (SSSR count). The number of carbonyl (C=O) groups is 2. The quantitative estimate of drug-likeness (QED) is 0.459. The normalized spacial score (nSPS) is 12.1. The van der Waals surface area contributed by atoms with Crippen LogP contribution in [-0.4, -0.2) is 43.3 Å². The van der Waals surface area contributed by atoms with E-state index in [2.05, 4.69) is 5.32 Å². The number of nitrogens with one attached hydrogen (secondary N) is 1. The van der Waals surface area contributed by atoms with Crippen molar-refractivity contribution >= 4 is 11.9 Å². The molecule has 0 saturated carbocycles. The van der Waals surface area contributed by atoms with Gasteiger partial charge in [0.2, 0.25) is 5.91 Å². The Morgan fingerprint density at radius 1 is 1.57 bits per heavy atom. The lowest BCUT2D eigenvalue weighted by Gasteiger charge is -2.09. The van der Waals surface area contributed by atoms with E-state index in [-0.39, 0.29) is 6.42 Å². The first-order chi connectivity index (χ1) is 6.57. The first-order valence-corrected chi connectivity index (χ1v) is 4.32. The zero-order valence-electron chi connectivity index (χ0n) is 8.16. The van der Waals surface area contributed by atoms with Gasteiger partial charge in [0.25, 0.3) is 0 Å². The molecular formula is C8H16N2O4. The molecule has 0 bridgehead atoms. The lowest BCUT2D eigenvalue weighted by Crippen LogP contribution is -2.42. The van der Waals surface area contributed by atoms with Gasteiger partial charge in [0.15, 0.2) is 0 Å². The summed E-state index contributed by atoms with van der Waals surface area (Å²) in [4.78, 5) is 21.3. The molecule has 6 heteroatoms. The summed E-state index contributed by atoms with van der Waals surface area (Å²) in [7, 11) is 1.57. The molecule has 1 amide bonds. The molecule has 0 saturated heterocycles. The van der Waals surface area contributed by atoms with E-state index >= 15 is 0 Å². The summed E-state index contributed by atoms with van der Waals surface area (Å²) >= 11 is 0. The fourth-order valence-electron chi connectivity index (χ4n) is 0.840. The predicted octanol–water partition coefficient (Wildman–Crippen LogP) is -1.06. The van der Waals surface area contributed by atoms with Gasteiger partial charge in [-0.05, 0) is 6.42 Å². The average molecular weight is 204 g/mol. The highest BCUT2D eigenvalue weighted by Crippen LogP contribution is 1.88. The molecule has 0 heterocycles. The molecule has 0 aromatic carbocycles. The molecule has 1 unspecified atom stereocenters. The van der Waals surface area contributed by atoms with E-state index in [0.29, 0.717) is 19.6 Å². The first kappa shape index (κ1) is 12.9. The van der Waals surface area contributed by atoms with Crippen LogP contribution in [0.3, 0.4) is 0 Å². The molecule has 0 aliphatic carbocycles. The van der Waals surface area contributed by atoms with Crippen LogP contribution in [0.15, 0.2) is 0 Å². The van der Waals surface area contributed by atoms with Gasteiger partial charge in [-0.15, -0.1) is 0 Å². The maximum absolute atomic E-state index is 11.1. The Hall–Kier alpha value is -1.14. The zero-order valence-corrected chi connectivity index (χ0v) is 8.16. The third kappa shape index (κ3) is 6.38. The van der Waals surface area contributed by atoms with Crippen molar-refractivity contribution in [2.45, 2.75) is 18.9 Å². The molecule has 1 atom stereocenters. The summed E-state index contributed by atoms with van der Waals surface area (Å²) in [6.45, 7) is 0.994. The summed E-state index contributed by atoms with van der Waals surface area (Å²) in [5.74, 6) is -1.52. The maximum atomic E-state index is 11.1. The van der Waals surface area contributed by atoms with Gasteiger partial charge < -0.3 is 20.9 Å². The van der Waals surface area contributed by atoms with Crippen LogP contribution in [0.2, 0.25) is 0 Å². The van der Waals surface area contributed by atoms with Gasteiger partial charge in [-0.2, -0.15) is 0 Å². The molecule has 6 nitrogen and oxygen atoms in total. The standard InChI is InChI=1S/C8H16N2O4/c1-14-4-2-3-10-8(13)6(9)5-7(11)12/h6H,2-5,9H2,1H3,(H,10,13)(H,11,12). The fourth-order valence-corrected chi connectivity index (χ4v) is 0.840. The van der Waals surface area contributed by atoms with Crippen LogP contribution in [0.1, 0.15) is 12.8 Å². The van der Waals surface area contributed by atoms with E-state index < -0.39 is 17.9 Å². The Labute approximate surface area is 82.4 Å². The minimum absolute atomic E-state index is 0.351. The van der Waals surface area contributed by atoms with Crippen LogP contribution >= 0.6 is 0 Å². The number of amides is 1. The lowest BCUT2D eigenvalue weighted by atomic mass is 10.2. The Morgan fingerprint density at radius 2 is 2.21 bits per heavy atom. The van der Waals surface area contributed by atoms with Crippen molar-refractivity contribution < 1.29 is 19.4 Å². The van der Waals surface area contributed by atoms with E-state index in [0.717, 1.165) is 0 Å². The van der Waals surface area contributed by atoms with Crippen LogP contribution in [0.4, 0.5) is 0 Å². The summed E-state index contributed by atoms with van der Waals surface area (Å²) in [5.41, 5.74) is 5.31. The maximum Gasteiger partial charge on any atom is 0.305 e. The van der Waals surface area contributed by atoms with Gasteiger partial charge in [-0.25, -0.2) is 0 Å².